The van der Waals surface area contributed by atoms with Crippen molar-refractivity contribution >= 4 is 11.6 Å². The molecule has 3 heteroatoms. The van der Waals surface area contributed by atoms with Gasteiger partial charge >= 0.3 is 0 Å². The van der Waals surface area contributed by atoms with Crippen LogP contribution in [0.2, 0.25) is 5.02 Å². The summed E-state index contributed by atoms with van der Waals surface area (Å²) in [4.78, 5) is 0. The van der Waals surface area contributed by atoms with E-state index in [1.165, 1.54) is 31.7 Å². The van der Waals surface area contributed by atoms with Crippen LogP contribution in [-0.2, 0) is 6.54 Å². The van der Waals surface area contributed by atoms with Crippen molar-refractivity contribution in [3.05, 3.63) is 34.6 Å². The Morgan fingerprint density at radius 1 is 1.38 bits per heavy atom. The number of nitrogens with one attached hydrogen (secondary N) is 1. The van der Waals surface area contributed by atoms with Crippen LogP contribution >= 0.6 is 11.6 Å². The first-order valence-corrected chi connectivity index (χ1v) is 6.28. The Hall–Kier alpha value is -0.600. The molecule has 88 valence electrons. The third kappa shape index (κ3) is 3.76. The van der Waals surface area contributed by atoms with E-state index in [0.29, 0.717) is 17.1 Å². The summed E-state index contributed by atoms with van der Waals surface area (Å²) in [5, 5.41) is 3.72. The maximum atomic E-state index is 13.4. The summed E-state index contributed by atoms with van der Waals surface area (Å²) in [6.07, 6.45) is 5.33. The standard InChI is InChI=1S/C13H17ClFN/c14-12-6-5-11(13(15)8-12)9-16-7-1-2-10-3-4-10/h5-6,8,10,16H,1-4,7,9H2. The first-order valence-electron chi connectivity index (χ1n) is 5.90. The quantitative estimate of drug-likeness (QED) is 0.748. The molecule has 0 aliphatic heterocycles. The van der Waals surface area contributed by atoms with Gasteiger partial charge in [0.25, 0.3) is 0 Å². The van der Waals surface area contributed by atoms with Gasteiger partial charge in [-0.05, 0) is 37.4 Å². The van der Waals surface area contributed by atoms with Crippen LogP contribution in [0.1, 0.15) is 31.2 Å². The van der Waals surface area contributed by atoms with E-state index >= 15 is 0 Å². The molecule has 0 bridgehead atoms. The second-order valence-electron chi connectivity index (χ2n) is 4.50. The number of hydrogen-bond acceptors (Lipinski definition) is 1. The van der Waals surface area contributed by atoms with Crippen LogP contribution in [0.25, 0.3) is 0 Å². The van der Waals surface area contributed by atoms with Crippen molar-refractivity contribution in [2.45, 2.75) is 32.2 Å². The SMILES string of the molecule is Fc1cc(Cl)ccc1CNCCCC1CC1. The molecule has 1 aromatic carbocycles. The van der Waals surface area contributed by atoms with Gasteiger partial charge in [-0.3, -0.25) is 0 Å². The summed E-state index contributed by atoms with van der Waals surface area (Å²) in [5.41, 5.74) is 0.691. The lowest BCUT2D eigenvalue weighted by Crippen LogP contribution is -2.15. The van der Waals surface area contributed by atoms with Crippen molar-refractivity contribution in [1.29, 1.82) is 0 Å². The second-order valence-corrected chi connectivity index (χ2v) is 4.93. The molecule has 0 atom stereocenters. The van der Waals surface area contributed by atoms with Gasteiger partial charge in [-0.15, -0.1) is 0 Å². The predicted octanol–water partition coefficient (Wildman–Crippen LogP) is 3.76. The number of halogens is 2. The van der Waals surface area contributed by atoms with E-state index in [4.69, 9.17) is 11.6 Å². The molecule has 0 heterocycles. The molecule has 1 aliphatic carbocycles. The molecule has 16 heavy (non-hydrogen) atoms. The highest BCUT2D eigenvalue weighted by Crippen LogP contribution is 2.33. The Morgan fingerprint density at radius 3 is 2.88 bits per heavy atom. The molecule has 1 fully saturated rings. The minimum absolute atomic E-state index is 0.220. The van der Waals surface area contributed by atoms with Crippen LogP contribution in [-0.4, -0.2) is 6.54 Å². The molecule has 0 saturated heterocycles. The second kappa shape index (κ2) is 5.65. The smallest absolute Gasteiger partial charge is 0.129 e. The number of hydrogen-bond donors (Lipinski definition) is 1. The Bertz CT molecular complexity index is 350. The van der Waals surface area contributed by atoms with E-state index in [9.17, 15) is 4.39 Å². The molecular formula is C13H17ClFN. The molecule has 0 unspecified atom stereocenters. The summed E-state index contributed by atoms with van der Waals surface area (Å²) in [6.45, 7) is 1.56. The van der Waals surface area contributed by atoms with Gasteiger partial charge in [-0.2, -0.15) is 0 Å². The Morgan fingerprint density at radius 2 is 2.19 bits per heavy atom. The van der Waals surface area contributed by atoms with E-state index in [-0.39, 0.29) is 5.82 Å². The van der Waals surface area contributed by atoms with E-state index in [1.807, 2.05) is 0 Å². The zero-order chi connectivity index (χ0) is 11.4. The minimum Gasteiger partial charge on any atom is -0.313 e. The van der Waals surface area contributed by atoms with E-state index in [2.05, 4.69) is 5.32 Å². The van der Waals surface area contributed by atoms with Crippen LogP contribution in [0.3, 0.4) is 0 Å². The van der Waals surface area contributed by atoms with Crippen molar-refractivity contribution in [3.8, 4) is 0 Å². The summed E-state index contributed by atoms with van der Waals surface area (Å²) in [5.74, 6) is 0.760. The van der Waals surface area contributed by atoms with E-state index < -0.39 is 0 Å². The Labute approximate surface area is 101 Å². The van der Waals surface area contributed by atoms with Gasteiger partial charge in [0.2, 0.25) is 0 Å². The lowest BCUT2D eigenvalue weighted by atomic mass is 10.2. The maximum absolute atomic E-state index is 13.4. The molecule has 1 aromatic rings. The molecule has 1 nitrogen and oxygen atoms in total. The highest BCUT2D eigenvalue weighted by molar-refractivity contribution is 6.30. The van der Waals surface area contributed by atoms with Crippen molar-refractivity contribution in [2.75, 3.05) is 6.54 Å². The summed E-state index contributed by atoms with van der Waals surface area (Å²) in [6, 6.07) is 4.83. The molecule has 1 saturated carbocycles. The summed E-state index contributed by atoms with van der Waals surface area (Å²) in [7, 11) is 0. The van der Waals surface area contributed by atoms with Gasteiger partial charge in [-0.1, -0.05) is 30.5 Å². The predicted molar refractivity (Wildman–Crippen MR) is 65.1 cm³/mol. The van der Waals surface area contributed by atoms with Crippen LogP contribution in [0.5, 0.6) is 0 Å². The van der Waals surface area contributed by atoms with Crippen molar-refractivity contribution in [1.82, 2.24) is 5.32 Å². The van der Waals surface area contributed by atoms with Crippen molar-refractivity contribution in [3.63, 3.8) is 0 Å². The zero-order valence-corrected chi connectivity index (χ0v) is 10.1. The fourth-order valence-corrected chi connectivity index (χ4v) is 1.97. The molecule has 0 spiro atoms. The van der Waals surface area contributed by atoms with Gasteiger partial charge in [-0.25, -0.2) is 4.39 Å². The Kier molecular flexibility index (Phi) is 4.19. The first kappa shape index (κ1) is 11.9. The molecule has 0 aromatic heterocycles. The average molecular weight is 242 g/mol. The fourth-order valence-electron chi connectivity index (χ4n) is 1.81. The third-order valence-electron chi connectivity index (χ3n) is 2.99. The fraction of sp³-hybridized carbons (Fsp3) is 0.538. The zero-order valence-electron chi connectivity index (χ0n) is 9.31. The first-order chi connectivity index (χ1) is 7.75. The largest absolute Gasteiger partial charge is 0.313 e. The Balaban J connectivity index is 1.67. The molecule has 0 amide bonds. The molecule has 1 N–H and O–H groups in total. The minimum atomic E-state index is -0.220. The highest BCUT2D eigenvalue weighted by Gasteiger charge is 2.19. The van der Waals surface area contributed by atoms with Gasteiger partial charge in [0, 0.05) is 17.1 Å². The number of benzene rings is 1. The van der Waals surface area contributed by atoms with Crippen LogP contribution in [0.15, 0.2) is 18.2 Å². The van der Waals surface area contributed by atoms with Gasteiger partial charge in [0.05, 0.1) is 0 Å². The van der Waals surface area contributed by atoms with E-state index in [1.54, 1.807) is 12.1 Å². The monoisotopic (exact) mass is 241 g/mol. The highest BCUT2D eigenvalue weighted by atomic mass is 35.5. The summed E-state index contributed by atoms with van der Waals surface area (Å²) >= 11 is 5.68. The maximum Gasteiger partial charge on any atom is 0.129 e. The molecule has 1 aliphatic rings. The van der Waals surface area contributed by atoms with Gasteiger partial charge in [0.15, 0.2) is 0 Å². The normalized spacial score (nSPS) is 15.4. The van der Waals surface area contributed by atoms with Crippen molar-refractivity contribution in [2.24, 2.45) is 5.92 Å². The van der Waals surface area contributed by atoms with E-state index in [0.717, 1.165) is 12.5 Å². The molecule has 2 rings (SSSR count). The number of rotatable bonds is 6. The topological polar surface area (TPSA) is 12.0 Å². The van der Waals surface area contributed by atoms with Crippen LogP contribution in [0.4, 0.5) is 4.39 Å². The lowest BCUT2D eigenvalue weighted by Gasteiger charge is -2.06. The van der Waals surface area contributed by atoms with Crippen LogP contribution in [0, 0.1) is 11.7 Å². The average Bonchev–Trinajstić information content (AvgIpc) is 3.04. The van der Waals surface area contributed by atoms with Gasteiger partial charge in [0.1, 0.15) is 5.82 Å². The van der Waals surface area contributed by atoms with Gasteiger partial charge < -0.3 is 5.32 Å². The summed E-state index contributed by atoms with van der Waals surface area (Å²) < 4.78 is 13.4. The third-order valence-corrected chi connectivity index (χ3v) is 3.23. The van der Waals surface area contributed by atoms with Crippen LogP contribution < -0.4 is 5.32 Å². The molecular weight excluding hydrogens is 225 g/mol. The lowest BCUT2D eigenvalue weighted by molar-refractivity contribution is 0.565. The molecule has 0 radical (unpaired) electrons. The van der Waals surface area contributed by atoms with Crippen molar-refractivity contribution < 1.29 is 4.39 Å².